The van der Waals surface area contributed by atoms with Crippen LogP contribution in [0.4, 0.5) is 4.79 Å². The Morgan fingerprint density at radius 1 is 1.12 bits per heavy atom. The molecule has 0 saturated carbocycles. The Morgan fingerprint density at radius 2 is 1.71 bits per heavy atom. The van der Waals surface area contributed by atoms with Gasteiger partial charge < -0.3 is 15.7 Å². The standard InChI is InChI=1S/C12H16N2O3/c1-9-3-5-10(6-4-9)11(15)13-7-2-8-14-12(16)17/h3-6,14H,2,7-8H2,1H3,(H,13,15)(H,16,17). The molecule has 0 atom stereocenters. The summed E-state index contributed by atoms with van der Waals surface area (Å²) in [5.41, 5.74) is 1.72. The molecule has 0 aliphatic carbocycles. The third kappa shape index (κ3) is 5.01. The Kier molecular flexibility index (Phi) is 5.00. The van der Waals surface area contributed by atoms with E-state index in [0.29, 0.717) is 25.1 Å². The highest BCUT2D eigenvalue weighted by atomic mass is 16.4. The molecule has 1 aromatic carbocycles. The number of carbonyl (C=O) groups excluding carboxylic acids is 1. The second-order valence-corrected chi connectivity index (χ2v) is 3.71. The Balaban J connectivity index is 2.25. The van der Waals surface area contributed by atoms with Crippen LogP contribution in [0.1, 0.15) is 22.3 Å². The Labute approximate surface area is 99.8 Å². The summed E-state index contributed by atoms with van der Waals surface area (Å²) in [6.45, 7) is 2.75. The average molecular weight is 236 g/mol. The van der Waals surface area contributed by atoms with Gasteiger partial charge in [0.05, 0.1) is 0 Å². The van der Waals surface area contributed by atoms with Gasteiger partial charge in [-0.05, 0) is 25.5 Å². The molecule has 17 heavy (non-hydrogen) atoms. The summed E-state index contributed by atoms with van der Waals surface area (Å²) < 4.78 is 0. The third-order valence-electron chi connectivity index (χ3n) is 2.23. The van der Waals surface area contributed by atoms with Gasteiger partial charge in [0.2, 0.25) is 0 Å². The first-order valence-corrected chi connectivity index (χ1v) is 5.41. The molecule has 0 radical (unpaired) electrons. The molecule has 5 heteroatoms. The van der Waals surface area contributed by atoms with E-state index in [-0.39, 0.29) is 5.91 Å². The summed E-state index contributed by atoms with van der Waals surface area (Å²) in [7, 11) is 0. The van der Waals surface area contributed by atoms with Crippen LogP contribution in [-0.2, 0) is 0 Å². The molecule has 1 rings (SSSR count). The summed E-state index contributed by atoms with van der Waals surface area (Å²) in [5.74, 6) is -0.139. The van der Waals surface area contributed by atoms with E-state index < -0.39 is 6.09 Å². The molecule has 0 fully saturated rings. The van der Waals surface area contributed by atoms with Crippen molar-refractivity contribution in [3.8, 4) is 0 Å². The molecule has 0 aliphatic rings. The minimum absolute atomic E-state index is 0.139. The lowest BCUT2D eigenvalue weighted by molar-refractivity contribution is 0.0953. The molecular formula is C12H16N2O3. The summed E-state index contributed by atoms with van der Waals surface area (Å²) >= 11 is 0. The number of aryl methyl sites for hydroxylation is 1. The zero-order valence-electron chi connectivity index (χ0n) is 9.69. The van der Waals surface area contributed by atoms with Crippen LogP contribution in [0.2, 0.25) is 0 Å². The highest BCUT2D eigenvalue weighted by Crippen LogP contribution is 2.02. The van der Waals surface area contributed by atoms with Crippen LogP contribution >= 0.6 is 0 Å². The number of benzene rings is 1. The van der Waals surface area contributed by atoms with Crippen molar-refractivity contribution in [3.05, 3.63) is 35.4 Å². The highest BCUT2D eigenvalue weighted by molar-refractivity contribution is 5.94. The van der Waals surface area contributed by atoms with Crippen molar-refractivity contribution in [2.24, 2.45) is 0 Å². The topological polar surface area (TPSA) is 78.4 Å². The first-order valence-electron chi connectivity index (χ1n) is 5.41. The molecule has 0 aromatic heterocycles. The molecule has 1 aromatic rings. The molecule has 2 amide bonds. The van der Waals surface area contributed by atoms with Crippen LogP contribution in [0.15, 0.2) is 24.3 Å². The van der Waals surface area contributed by atoms with E-state index in [1.807, 2.05) is 19.1 Å². The zero-order valence-corrected chi connectivity index (χ0v) is 9.69. The molecular weight excluding hydrogens is 220 g/mol. The predicted molar refractivity (Wildman–Crippen MR) is 64.2 cm³/mol. The zero-order chi connectivity index (χ0) is 12.7. The Bertz CT molecular complexity index is 387. The first-order chi connectivity index (χ1) is 8.09. The number of hydrogen-bond donors (Lipinski definition) is 3. The van der Waals surface area contributed by atoms with E-state index in [9.17, 15) is 9.59 Å². The number of nitrogens with one attached hydrogen (secondary N) is 2. The minimum Gasteiger partial charge on any atom is -0.465 e. The van der Waals surface area contributed by atoms with Crippen LogP contribution in [0.25, 0.3) is 0 Å². The van der Waals surface area contributed by atoms with Crippen molar-refractivity contribution >= 4 is 12.0 Å². The smallest absolute Gasteiger partial charge is 0.404 e. The van der Waals surface area contributed by atoms with Crippen LogP contribution in [0.3, 0.4) is 0 Å². The van der Waals surface area contributed by atoms with Gasteiger partial charge in [-0.2, -0.15) is 0 Å². The maximum atomic E-state index is 11.6. The first kappa shape index (κ1) is 13.0. The lowest BCUT2D eigenvalue weighted by atomic mass is 10.1. The molecule has 0 aliphatic heterocycles. The fourth-order valence-electron chi connectivity index (χ4n) is 1.29. The normalized spacial score (nSPS) is 9.71. The van der Waals surface area contributed by atoms with E-state index in [4.69, 9.17) is 5.11 Å². The van der Waals surface area contributed by atoms with Gasteiger partial charge in [-0.25, -0.2) is 4.79 Å². The molecule has 0 bridgehead atoms. The van der Waals surface area contributed by atoms with Crippen molar-refractivity contribution < 1.29 is 14.7 Å². The molecule has 0 saturated heterocycles. The molecule has 92 valence electrons. The van der Waals surface area contributed by atoms with Crippen molar-refractivity contribution in [1.29, 1.82) is 0 Å². The van der Waals surface area contributed by atoms with Crippen molar-refractivity contribution in [1.82, 2.24) is 10.6 Å². The van der Waals surface area contributed by atoms with E-state index in [0.717, 1.165) is 5.56 Å². The number of amides is 2. The van der Waals surface area contributed by atoms with E-state index in [1.54, 1.807) is 12.1 Å². The van der Waals surface area contributed by atoms with Crippen LogP contribution < -0.4 is 10.6 Å². The van der Waals surface area contributed by atoms with Gasteiger partial charge in [-0.1, -0.05) is 17.7 Å². The number of rotatable bonds is 5. The summed E-state index contributed by atoms with van der Waals surface area (Å²) in [5, 5.41) is 13.3. The van der Waals surface area contributed by atoms with Crippen LogP contribution in [-0.4, -0.2) is 30.2 Å². The third-order valence-corrected chi connectivity index (χ3v) is 2.23. The second-order valence-electron chi connectivity index (χ2n) is 3.71. The quantitative estimate of drug-likeness (QED) is 0.676. The molecule has 5 nitrogen and oxygen atoms in total. The largest absolute Gasteiger partial charge is 0.465 e. The number of carboxylic acid groups (broad SMARTS) is 1. The number of carbonyl (C=O) groups is 2. The fraction of sp³-hybridized carbons (Fsp3) is 0.333. The molecule has 0 unspecified atom stereocenters. The van der Waals surface area contributed by atoms with E-state index in [1.165, 1.54) is 0 Å². The SMILES string of the molecule is Cc1ccc(C(=O)NCCCNC(=O)O)cc1. The van der Waals surface area contributed by atoms with Gasteiger partial charge in [-0.3, -0.25) is 4.79 Å². The van der Waals surface area contributed by atoms with Gasteiger partial charge in [0, 0.05) is 18.7 Å². The summed E-state index contributed by atoms with van der Waals surface area (Å²) in [6, 6.07) is 7.28. The number of hydrogen-bond acceptors (Lipinski definition) is 2. The molecule has 3 N–H and O–H groups in total. The Hall–Kier alpha value is -2.04. The van der Waals surface area contributed by atoms with E-state index >= 15 is 0 Å². The predicted octanol–water partition coefficient (Wildman–Crippen LogP) is 1.38. The average Bonchev–Trinajstić information content (AvgIpc) is 2.29. The van der Waals surface area contributed by atoms with Gasteiger partial charge >= 0.3 is 6.09 Å². The van der Waals surface area contributed by atoms with Gasteiger partial charge in [-0.15, -0.1) is 0 Å². The van der Waals surface area contributed by atoms with Crippen LogP contribution in [0, 0.1) is 6.92 Å². The van der Waals surface area contributed by atoms with Gasteiger partial charge in [0.1, 0.15) is 0 Å². The Morgan fingerprint density at radius 3 is 2.29 bits per heavy atom. The van der Waals surface area contributed by atoms with Crippen molar-refractivity contribution in [2.75, 3.05) is 13.1 Å². The second kappa shape index (κ2) is 6.52. The maximum absolute atomic E-state index is 11.6. The van der Waals surface area contributed by atoms with E-state index in [2.05, 4.69) is 10.6 Å². The summed E-state index contributed by atoms with van der Waals surface area (Å²) in [6.07, 6.45) is -0.473. The lowest BCUT2D eigenvalue weighted by Gasteiger charge is -2.05. The summed E-state index contributed by atoms with van der Waals surface area (Å²) in [4.78, 5) is 21.8. The van der Waals surface area contributed by atoms with Crippen molar-refractivity contribution in [3.63, 3.8) is 0 Å². The molecule has 0 heterocycles. The lowest BCUT2D eigenvalue weighted by Crippen LogP contribution is -2.29. The molecule has 0 spiro atoms. The monoisotopic (exact) mass is 236 g/mol. The minimum atomic E-state index is -1.05. The highest BCUT2D eigenvalue weighted by Gasteiger charge is 2.03. The van der Waals surface area contributed by atoms with Gasteiger partial charge in [0.15, 0.2) is 0 Å². The maximum Gasteiger partial charge on any atom is 0.404 e. The van der Waals surface area contributed by atoms with Crippen molar-refractivity contribution in [2.45, 2.75) is 13.3 Å². The van der Waals surface area contributed by atoms with Gasteiger partial charge in [0.25, 0.3) is 5.91 Å². The van der Waals surface area contributed by atoms with Crippen LogP contribution in [0.5, 0.6) is 0 Å². The fourth-order valence-corrected chi connectivity index (χ4v) is 1.29.